The minimum Gasteiger partial charge on any atom is -0.477 e. The summed E-state index contributed by atoms with van der Waals surface area (Å²) in [5, 5.41) is 12.1. The van der Waals surface area contributed by atoms with E-state index in [2.05, 4.69) is 31.1 Å². The van der Waals surface area contributed by atoms with Gasteiger partial charge in [-0.3, -0.25) is 0 Å². The fourth-order valence-electron chi connectivity index (χ4n) is 1.72. The Kier molecular flexibility index (Phi) is 4.94. The number of nitrogens with one attached hydrogen (secondary N) is 1. The number of rotatable bonds is 6. The Bertz CT molecular complexity index is 379. The van der Waals surface area contributed by atoms with Crippen molar-refractivity contribution in [2.45, 2.75) is 39.7 Å². The lowest BCUT2D eigenvalue weighted by Crippen LogP contribution is -2.19. The molecule has 1 heterocycles. The van der Waals surface area contributed by atoms with E-state index in [0.717, 1.165) is 12.8 Å². The first kappa shape index (κ1) is 13.5. The number of anilines is 1. The monoisotopic (exact) mass is 236 g/mol. The van der Waals surface area contributed by atoms with Gasteiger partial charge in [-0.25, -0.2) is 9.78 Å². The maximum absolute atomic E-state index is 10.8. The van der Waals surface area contributed by atoms with Crippen LogP contribution in [0.3, 0.4) is 0 Å². The van der Waals surface area contributed by atoms with Crippen molar-refractivity contribution in [3.8, 4) is 0 Å². The summed E-state index contributed by atoms with van der Waals surface area (Å²) in [6.45, 7) is 6.46. The Hall–Kier alpha value is -1.58. The Morgan fingerprint density at radius 2 is 2.18 bits per heavy atom. The van der Waals surface area contributed by atoms with Crippen molar-refractivity contribution in [3.63, 3.8) is 0 Å². The first-order chi connectivity index (χ1) is 8.02. The van der Waals surface area contributed by atoms with Crippen molar-refractivity contribution in [1.82, 2.24) is 4.98 Å². The molecule has 2 atom stereocenters. The molecule has 1 aromatic rings. The second kappa shape index (κ2) is 6.23. The maximum Gasteiger partial charge on any atom is 0.354 e. The summed E-state index contributed by atoms with van der Waals surface area (Å²) in [5.74, 6) is 0.282. The highest BCUT2D eigenvalue weighted by Gasteiger charge is 2.09. The second-order valence-electron chi connectivity index (χ2n) is 4.51. The summed E-state index contributed by atoms with van der Waals surface area (Å²) in [4.78, 5) is 14.8. The van der Waals surface area contributed by atoms with Gasteiger partial charge in [-0.15, -0.1) is 0 Å². The minimum absolute atomic E-state index is 0.0748. The van der Waals surface area contributed by atoms with Gasteiger partial charge in [-0.2, -0.15) is 0 Å². The quantitative estimate of drug-likeness (QED) is 0.797. The SMILES string of the molecule is CCC(C)CC(C)Nc1cccc(C(=O)O)n1. The minimum atomic E-state index is -0.997. The lowest BCUT2D eigenvalue weighted by Gasteiger charge is -2.18. The zero-order valence-electron chi connectivity index (χ0n) is 10.6. The summed E-state index contributed by atoms with van der Waals surface area (Å²) in [6.07, 6.45) is 2.20. The van der Waals surface area contributed by atoms with Crippen molar-refractivity contribution in [2.75, 3.05) is 5.32 Å². The molecule has 2 N–H and O–H groups in total. The van der Waals surface area contributed by atoms with Crippen LogP contribution in [0.5, 0.6) is 0 Å². The molecule has 0 saturated heterocycles. The Morgan fingerprint density at radius 3 is 2.76 bits per heavy atom. The smallest absolute Gasteiger partial charge is 0.354 e. The van der Waals surface area contributed by atoms with Crippen LogP contribution in [0.2, 0.25) is 0 Å². The van der Waals surface area contributed by atoms with Crippen molar-refractivity contribution in [3.05, 3.63) is 23.9 Å². The molecule has 0 aliphatic rings. The molecule has 0 spiro atoms. The standard InChI is InChI=1S/C13H20N2O2/c1-4-9(2)8-10(3)14-12-7-5-6-11(15-12)13(16)17/h5-7,9-10H,4,8H2,1-3H3,(H,14,15)(H,16,17). The van der Waals surface area contributed by atoms with Gasteiger partial charge in [0.25, 0.3) is 0 Å². The molecule has 0 saturated carbocycles. The number of pyridine rings is 1. The molecule has 0 aliphatic carbocycles. The van der Waals surface area contributed by atoms with Crippen molar-refractivity contribution in [2.24, 2.45) is 5.92 Å². The highest BCUT2D eigenvalue weighted by atomic mass is 16.4. The van der Waals surface area contributed by atoms with E-state index >= 15 is 0 Å². The third-order valence-electron chi connectivity index (χ3n) is 2.82. The highest BCUT2D eigenvalue weighted by Crippen LogP contribution is 2.13. The summed E-state index contributed by atoms with van der Waals surface area (Å²) < 4.78 is 0. The van der Waals surface area contributed by atoms with Crippen molar-refractivity contribution in [1.29, 1.82) is 0 Å². The molecule has 4 heteroatoms. The number of carboxylic acid groups (broad SMARTS) is 1. The van der Waals surface area contributed by atoms with Gasteiger partial charge in [0.05, 0.1) is 0 Å². The third-order valence-corrected chi connectivity index (χ3v) is 2.82. The molecule has 0 radical (unpaired) electrons. The highest BCUT2D eigenvalue weighted by molar-refractivity contribution is 5.85. The molecular weight excluding hydrogens is 216 g/mol. The molecule has 0 bridgehead atoms. The number of nitrogens with zero attached hydrogens (tertiary/aromatic N) is 1. The molecular formula is C13H20N2O2. The van der Waals surface area contributed by atoms with E-state index in [-0.39, 0.29) is 5.69 Å². The molecule has 17 heavy (non-hydrogen) atoms. The summed E-state index contributed by atoms with van der Waals surface area (Å²) in [7, 11) is 0. The number of aromatic carboxylic acids is 1. The van der Waals surface area contributed by atoms with Gasteiger partial charge in [0, 0.05) is 6.04 Å². The fraction of sp³-hybridized carbons (Fsp3) is 0.538. The van der Waals surface area contributed by atoms with E-state index in [0.29, 0.717) is 17.8 Å². The van der Waals surface area contributed by atoms with E-state index in [1.54, 1.807) is 12.1 Å². The first-order valence-electron chi connectivity index (χ1n) is 5.99. The summed E-state index contributed by atoms with van der Waals surface area (Å²) in [6, 6.07) is 5.28. The molecule has 0 aromatic carbocycles. The molecule has 4 nitrogen and oxygen atoms in total. The molecule has 0 amide bonds. The van der Waals surface area contributed by atoms with Gasteiger partial charge in [0.2, 0.25) is 0 Å². The summed E-state index contributed by atoms with van der Waals surface area (Å²) in [5.41, 5.74) is 0.0748. The maximum atomic E-state index is 10.8. The van der Waals surface area contributed by atoms with Gasteiger partial charge >= 0.3 is 5.97 Å². The van der Waals surface area contributed by atoms with Crippen LogP contribution in [0, 0.1) is 5.92 Å². The topological polar surface area (TPSA) is 62.2 Å². The fourth-order valence-corrected chi connectivity index (χ4v) is 1.72. The second-order valence-corrected chi connectivity index (χ2v) is 4.51. The molecule has 0 fully saturated rings. The number of carboxylic acids is 1. The van der Waals surface area contributed by atoms with Crippen LogP contribution >= 0.6 is 0 Å². The Balaban J connectivity index is 2.62. The molecule has 2 unspecified atom stereocenters. The third kappa shape index (κ3) is 4.43. The van der Waals surface area contributed by atoms with Crippen LogP contribution in [0.1, 0.15) is 44.1 Å². The van der Waals surface area contributed by atoms with Gasteiger partial charge in [0.1, 0.15) is 5.82 Å². The molecule has 1 rings (SSSR count). The normalized spacial score (nSPS) is 14.1. The lowest BCUT2D eigenvalue weighted by molar-refractivity contribution is 0.0690. The number of hydrogen-bond acceptors (Lipinski definition) is 3. The van der Waals surface area contributed by atoms with Crippen molar-refractivity contribution >= 4 is 11.8 Å². The van der Waals surface area contributed by atoms with E-state index in [4.69, 9.17) is 5.11 Å². The van der Waals surface area contributed by atoms with E-state index < -0.39 is 5.97 Å². The van der Waals surface area contributed by atoms with Crippen LogP contribution in [0.4, 0.5) is 5.82 Å². The number of carbonyl (C=O) groups is 1. The van der Waals surface area contributed by atoms with Gasteiger partial charge in [-0.1, -0.05) is 26.3 Å². The van der Waals surface area contributed by atoms with Crippen LogP contribution in [0.25, 0.3) is 0 Å². The predicted octanol–water partition coefficient (Wildman–Crippen LogP) is 3.02. The zero-order chi connectivity index (χ0) is 12.8. The Morgan fingerprint density at radius 1 is 1.47 bits per heavy atom. The number of aromatic nitrogens is 1. The molecule has 1 aromatic heterocycles. The average Bonchev–Trinajstić information content (AvgIpc) is 2.28. The van der Waals surface area contributed by atoms with E-state index in [1.807, 2.05) is 0 Å². The lowest BCUT2D eigenvalue weighted by atomic mass is 10.0. The molecule has 0 aliphatic heterocycles. The van der Waals surface area contributed by atoms with Crippen LogP contribution in [-0.2, 0) is 0 Å². The van der Waals surface area contributed by atoms with E-state index in [9.17, 15) is 4.79 Å². The Labute approximate surface area is 102 Å². The summed E-state index contributed by atoms with van der Waals surface area (Å²) >= 11 is 0. The largest absolute Gasteiger partial charge is 0.477 e. The first-order valence-corrected chi connectivity index (χ1v) is 5.99. The molecule has 94 valence electrons. The zero-order valence-corrected chi connectivity index (χ0v) is 10.6. The average molecular weight is 236 g/mol. The number of hydrogen-bond donors (Lipinski definition) is 2. The van der Waals surface area contributed by atoms with Gasteiger partial charge < -0.3 is 10.4 Å². The van der Waals surface area contributed by atoms with Gasteiger partial charge in [0.15, 0.2) is 5.69 Å². The van der Waals surface area contributed by atoms with Gasteiger partial charge in [-0.05, 0) is 31.4 Å². The van der Waals surface area contributed by atoms with Crippen molar-refractivity contribution < 1.29 is 9.90 Å². The predicted molar refractivity (Wildman–Crippen MR) is 68.4 cm³/mol. The van der Waals surface area contributed by atoms with Crippen LogP contribution in [-0.4, -0.2) is 22.1 Å². The van der Waals surface area contributed by atoms with Crippen LogP contribution < -0.4 is 5.32 Å². The van der Waals surface area contributed by atoms with Crippen LogP contribution in [0.15, 0.2) is 18.2 Å². The van der Waals surface area contributed by atoms with E-state index in [1.165, 1.54) is 6.07 Å².